The van der Waals surface area contributed by atoms with Crippen molar-refractivity contribution in [1.29, 1.82) is 5.26 Å². The molecule has 1 aliphatic rings. The minimum absolute atomic E-state index is 0.000557. The second kappa shape index (κ2) is 4.78. The topological polar surface area (TPSA) is 62.4 Å². The SMILES string of the molecule is CC1(CN=C=O)CCCC(OC#N)C1. The van der Waals surface area contributed by atoms with Crippen molar-refractivity contribution in [3.63, 3.8) is 0 Å². The fourth-order valence-corrected chi connectivity index (χ4v) is 2.05. The zero-order valence-electron chi connectivity index (χ0n) is 8.32. The zero-order chi connectivity index (χ0) is 10.4. The van der Waals surface area contributed by atoms with Crippen LogP contribution in [0.5, 0.6) is 0 Å². The Morgan fingerprint density at radius 2 is 2.50 bits per heavy atom. The average molecular weight is 194 g/mol. The van der Waals surface area contributed by atoms with E-state index in [0.29, 0.717) is 6.54 Å². The summed E-state index contributed by atoms with van der Waals surface area (Å²) in [6.45, 7) is 2.56. The Morgan fingerprint density at radius 1 is 1.71 bits per heavy atom. The van der Waals surface area contributed by atoms with Crippen LogP contribution in [-0.4, -0.2) is 18.7 Å². The number of nitriles is 1. The van der Waals surface area contributed by atoms with Gasteiger partial charge in [-0.3, -0.25) is 0 Å². The third-order valence-electron chi connectivity index (χ3n) is 2.77. The summed E-state index contributed by atoms with van der Waals surface area (Å²) in [4.78, 5) is 13.6. The number of aliphatic imine (C=N–C) groups is 1. The lowest BCUT2D eigenvalue weighted by Gasteiger charge is -2.35. The highest BCUT2D eigenvalue weighted by Gasteiger charge is 2.33. The summed E-state index contributed by atoms with van der Waals surface area (Å²) in [5.74, 6) is 0. The van der Waals surface area contributed by atoms with Crippen LogP contribution in [0.1, 0.15) is 32.6 Å². The molecule has 0 bridgehead atoms. The summed E-state index contributed by atoms with van der Waals surface area (Å²) in [6.07, 6.45) is 7.06. The van der Waals surface area contributed by atoms with Crippen LogP contribution in [0.2, 0.25) is 0 Å². The summed E-state index contributed by atoms with van der Waals surface area (Å²) < 4.78 is 4.92. The Morgan fingerprint density at radius 3 is 3.14 bits per heavy atom. The number of rotatable bonds is 3. The van der Waals surface area contributed by atoms with Gasteiger partial charge < -0.3 is 4.74 Å². The zero-order valence-corrected chi connectivity index (χ0v) is 8.32. The van der Waals surface area contributed by atoms with Crippen molar-refractivity contribution in [2.75, 3.05) is 6.54 Å². The molecular formula is C10H14N2O2. The van der Waals surface area contributed by atoms with Gasteiger partial charge >= 0.3 is 0 Å². The second-order valence-electron chi connectivity index (χ2n) is 4.15. The first-order chi connectivity index (χ1) is 6.70. The molecule has 0 spiro atoms. The predicted octanol–water partition coefficient (Wildman–Crippen LogP) is 1.77. The van der Waals surface area contributed by atoms with Crippen LogP contribution in [0, 0.1) is 16.9 Å². The molecule has 76 valence electrons. The van der Waals surface area contributed by atoms with E-state index < -0.39 is 0 Å². The summed E-state index contributed by atoms with van der Waals surface area (Å²) in [5.41, 5.74) is -0.00280. The first-order valence-electron chi connectivity index (χ1n) is 4.78. The Kier molecular flexibility index (Phi) is 3.67. The van der Waals surface area contributed by atoms with Gasteiger partial charge in [0.05, 0.1) is 6.54 Å². The van der Waals surface area contributed by atoms with Crippen LogP contribution >= 0.6 is 0 Å². The molecule has 1 rings (SSSR count). The van der Waals surface area contributed by atoms with Gasteiger partial charge in [-0.05, 0) is 31.1 Å². The van der Waals surface area contributed by atoms with Crippen LogP contribution in [-0.2, 0) is 9.53 Å². The third-order valence-corrected chi connectivity index (χ3v) is 2.77. The van der Waals surface area contributed by atoms with Gasteiger partial charge in [0.25, 0.3) is 6.26 Å². The lowest BCUT2D eigenvalue weighted by atomic mass is 9.74. The van der Waals surface area contributed by atoms with Crippen molar-refractivity contribution < 1.29 is 9.53 Å². The first-order valence-corrected chi connectivity index (χ1v) is 4.78. The molecule has 0 radical (unpaired) electrons. The second-order valence-corrected chi connectivity index (χ2v) is 4.15. The standard InChI is InChI=1S/C10H14N2O2/c1-10(6-12-8-13)4-2-3-9(5-10)14-7-11/h9H,2-6H2,1H3. The van der Waals surface area contributed by atoms with E-state index in [1.54, 1.807) is 12.3 Å². The van der Waals surface area contributed by atoms with Crippen LogP contribution in [0.25, 0.3) is 0 Å². The molecule has 0 N–H and O–H groups in total. The molecule has 2 atom stereocenters. The Labute approximate surface area is 83.6 Å². The normalized spacial score (nSPS) is 31.3. The first kappa shape index (κ1) is 10.7. The van der Waals surface area contributed by atoms with Crippen molar-refractivity contribution >= 4 is 6.08 Å². The molecule has 0 aliphatic heterocycles. The third kappa shape index (κ3) is 2.86. The molecule has 1 aliphatic carbocycles. The van der Waals surface area contributed by atoms with Gasteiger partial charge in [-0.1, -0.05) is 6.92 Å². The van der Waals surface area contributed by atoms with Crippen molar-refractivity contribution in [3.05, 3.63) is 0 Å². The molecule has 1 fully saturated rings. The Hall–Kier alpha value is -1.33. The highest BCUT2D eigenvalue weighted by Crippen LogP contribution is 2.37. The van der Waals surface area contributed by atoms with Crippen LogP contribution < -0.4 is 0 Å². The molecule has 4 nitrogen and oxygen atoms in total. The molecule has 2 unspecified atom stereocenters. The van der Waals surface area contributed by atoms with Crippen molar-refractivity contribution in [2.24, 2.45) is 10.4 Å². The largest absolute Gasteiger partial charge is 0.424 e. The minimum atomic E-state index is -0.00280. The van der Waals surface area contributed by atoms with Crippen molar-refractivity contribution in [1.82, 2.24) is 0 Å². The molecule has 0 amide bonds. The predicted molar refractivity (Wildman–Crippen MR) is 50.0 cm³/mol. The van der Waals surface area contributed by atoms with Crippen LogP contribution in [0.15, 0.2) is 4.99 Å². The summed E-state index contributed by atoms with van der Waals surface area (Å²) in [5, 5.41) is 8.41. The Balaban J connectivity index is 2.53. The fourth-order valence-electron chi connectivity index (χ4n) is 2.05. The van der Waals surface area contributed by atoms with E-state index in [1.807, 2.05) is 0 Å². The maximum absolute atomic E-state index is 10.0. The highest BCUT2D eigenvalue weighted by molar-refractivity contribution is 5.33. The maximum Gasteiger partial charge on any atom is 0.286 e. The number of hydrogen-bond donors (Lipinski definition) is 0. The highest BCUT2D eigenvalue weighted by atomic mass is 16.5. The Bertz CT molecular complexity index is 278. The van der Waals surface area contributed by atoms with Gasteiger partial charge in [0.15, 0.2) is 0 Å². The number of carbonyl (C=O) groups excluding carboxylic acids is 1. The van der Waals surface area contributed by atoms with E-state index in [2.05, 4.69) is 11.9 Å². The van der Waals surface area contributed by atoms with Gasteiger partial charge in [-0.15, -0.1) is 0 Å². The number of isocyanates is 1. The number of nitrogens with zero attached hydrogens (tertiary/aromatic N) is 2. The molecule has 4 heteroatoms. The molecule has 0 heterocycles. The van der Waals surface area contributed by atoms with E-state index in [4.69, 9.17) is 10.00 Å². The van der Waals surface area contributed by atoms with Gasteiger partial charge in [0.1, 0.15) is 6.10 Å². The monoisotopic (exact) mass is 194 g/mol. The van der Waals surface area contributed by atoms with Gasteiger partial charge in [0.2, 0.25) is 6.08 Å². The smallest absolute Gasteiger partial charge is 0.286 e. The average Bonchev–Trinajstić information content (AvgIpc) is 2.16. The van der Waals surface area contributed by atoms with E-state index >= 15 is 0 Å². The molecule has 0 aromatic heterocycles. The van der Waals surface area contributed by atoms with Crippen molar-refractivity contribution in [2.45, 2.75) is 38.7 Å². The molecule has 0 aromatic rings. The quantitative estimate of drug-likeness (QED) is 0.390. The van der Waals surface area contributed by atoms with E-state index in [-0.39, 0.29) is 11.5 Å². The number of hydrogen-bond acceptors (Lipinski definition) is 4. The van der Waals surface area contributed by atoms with Crippen LogP contribution in [0.4, 0.5) is 0 Å². The fraction of sp³-hybridized carbons (Fsp3) is 0.800. The van der Waals surface area contributed by atoms with E-state index in [1.165, 1.54) is 0 Å². The van der Waals surface area contributed by atoms with Gasteiger partial charge in [-0.25, -0.2) is 9.79 Å². The molecule has 14 heavy (non-hydrogen) atoms. The summed E-state index contributed by atoms with van der Waals surface area (Å²) in [6, 6.07) is 0. The molecule has 1 saturated carbocycles. The lowest BCUT2D eigenvalue weighted by Crippen LogP contribution is -2.32. The summed E-state index contributed by atoms with van der Waals surface area (Å²) in [7, 11) is 0. The molecular weight excluding hydrogens is 180 g/mol. The van der Waals surface area contributed by atoms with E-state index in [9.17, 15) is 4.79 Å². The van der Waals surface area contributed by atoms with Gasteiger partial charge in [-0.2, -0.15) is 5.26 Å². The van der Waals surface area contributed by atoms with Crippen molar-refractivity contribution in [3.8, 4) is 6.26 Å². The summed E-state index contributed by atoms with van der Waals surface area (Å²) >= 11 is 0. The molecule has 0 saturated heterocycles. The number of ether oxygens (including phenoxy) is 1. The van der Waals surface area contributed by atoms with Crippen LogP contribution in [0.3, 0.4) is 0 Å². The van der Waals surface area contributed by atoms with Gasteiger partial charge in [0, 0.05) is 0 Å². The van der Waals surface area contributed by atoms with E-state index in [0.717, 1.165) is 25.7 Å². The minimum Gasteiger partial charge on any atom is -0.424 e. The maximum atomic E-state index is 10.0. The lowest BCUT2D eigenvalue weighted by molar-refractivity contribution is 0.0566. The molecule has 0 aromatic carbocycles.